The molecule has 1 rings (SSSR count). The fraction of sp³-hybridized carbons (Fsp3) is 0.857. The molecule has 0 spiro atoms. The summed E-state index contributed by atoms with van der Waals surface area (Å²) in [6.07, 6.45) is 19.8. The first-order valence-corrected chi connectivity index (χ1v) is 10.2. The van der Waals surface area contributed by atoms with E-state index >= 15 is 0 Å². The summed E-state index contributed by atoms with van der Waals surface area (Å²) in [7, 11) is 0. The molecule has 2 unspecified atom stereocenters. The minimum Gasteiger partial charge on any atom is -0.461 e. The quantitative estimate of drug-likeness (QED) is 0.142. The van der Waals surface area contributed by atoms with Gasteiger partial charge in [0.1, 0.15) is 6.61 Å². The smallest absolute Gasteiger partial charge is 0.306 e. The number of carbonyl (C=O) groups is 1. The van der Waals surface area contributed by atoms with E-state index in [-0.39, 0.29) is 5.97 Å². The molecule has 1 saturated heterocycles. The zero-order chi connectivity index (χ0) is 17.5. The maximum absolute atomic E-state index is 11.3. The molecule has 0 N–H and O–H groups in total. The van der Waals surface area contributed by atoms with Gasteiger partial charge in [-0.25, -0.2) is 0 Å². The van der Waals surface area contributed by atoms with Crippen LogP contribution in [0.3, 0.4) is 0 Å². The van der Waals surface area contributed by atoms with Crippen LogP contribution in [0.1, 0.15) is 96.8 Å². The van der Waals surface area contributed by atoms with Crippen LogP contribution in [-0.2, 0) is 14.3 Å². The van der Waals surface area contributed by atoms with E-state index in [1.165, 1.54) is 70.6 Å². The fourth-order valence-corrected chi connectivity index (χ4v) is 3.18. The second kappa shape index (κ2) is 14.5. The van der Waals surface area contributed by atoms with Gasteiger partial charge in [-0.3, -0.25) is 4.79 Å². The Hall–Kier alpha value is -0.830. The molecule has 0 radical (unpaired) electrons. The highest BCUT2D eigenvalue weighted by molar-refractivity contribution is 5.69. The average Bonchev–Trinajstić information content (AvgIpc) is 3.33. The molecule has 0 aliphatic carbocycles. The van der Waals surface area contributed by atoms with E-state index in [4.69, 9.17) is 9.47 Å². The van der Waals surface area contributed by atoms with Gasteiger partial charge >= 0.3 is 5.97 Å². The van der Waals surface area contributed by atoms with E-state index in [1.807, 2.05) is 0 Å². The molecule has 1 aliphatic heterocycles. The Morgan fingerprint density at radius 2 is 1.46 bits per heavy atom. The lowest BCUT2D eigenvalue weighted by Crippen LogP contribution is -2.03. The molecule has 0 aromatic heterocycles. The predicted octanol–water partition coefficient (Wildman–Crippen LogP) is 5.96. The summed E-state index contributed by atoms with van der Waals surface area (Å²) in [5.41, 5.74) is 0. The van der Waals surface area contributed by atoms with Crippen molar-refractivity contribution in [2.75, 3.05) is 6.61 Å². The Kier molecular flexibility index (Phi) is 12.8. The maximum Gasteiger partial charge on any atom is 0.306 e. The third kappa shape index (κ3) is 11.7. The average molecular weight is 339 g/mol. The molecule has 2 atom stereocenters. The zero-order valence-electron chi connectivity index (χ0n) is 15.8. The molecule has 3 nitrogen and oxygen atoms in total. The number of hydrogen-bond acceptors (Lipinski definition) is 3. The molecular formula is C21H38O3. The number of esters is 1. The van der Waals surface area contributed by atoms with Gasteiger partial charge in [-0.15, -0.1) is 0 Å². The second-order valence-corrected chi connectivity index (χ2v) is 7.05. The van der Waals surface area contributed by atoms with Crippen molar-refractivity contribution in [2.45, 2.75) is 109 Å². The molecule has 0 saturated carbocycles. The van der Waals surface area contributed by atoms with Crippen molar-refractivity contribution in [1.29, 1.82) is 0 Å². The lowest BCUT2D eigenvalue weighted by molar-refractivity contribution is -0.142. The van der Waals surface area contributed by atoms with Crippen molar-refractivity contribution in [3.05, 3.63) is 12.7 Å². The van der Waals surface area contributed by atoms with Crippen LogP contribution in [0.25, 0.3) is 0 Å². The standard InChI is InChI=1S/C21H38O3/c1-3-5-6-7-9-12-15-19-20(24-19)16-13-10-8-11-14-17-21(22)23-18-4-2/h4,19-20H,2-3,5-18H2,1H3. The van der Waals surface area contributed by atoms with Gasteiger partial charge in [0.25, 0.3) is 0 Å². The van der Waals surface area contributed by atoms with Gasteiger partial charge in [-0.1, -0.05) is 83.8 Å². The van der Waals surface area contributed by atoms with Gasteiger partial charge < -0.3 is 9.47 Å². The van der Waals surface area contributed by atoms with E-state index in [1.54, 1.807) is 6.08 Å². The van der Waals surface area contributed by atoms with Gasteiger partial charge in [0.15, 0.2) is 0 Å². The highest BCUT2D eigenvalue weighted by Gasteiger charge is 2.36. The van der Waals surface area contributed by atoms with E-state index in [0.717, 1.165) is 12.8 Å². The molecular weight excluding hydrogens is 300 g/mol. The first kappa shape index (κ1) is 21.2. The highest BCUT2D eigenvalue weighted by atomic mass is 16.6. The number of epoxide rings is 1. The number of carbonyl (C=O) groups excluding carboxylic acids is 1. The molecule has 0 aromatic rings. The van der Waals surface area contributed by atoms with Crippen LogP contribution in [0.2, 0.25) is 0 Å². The minimum atomic E-state index is -0.0983. The van der Waals surface area contributed by atoms with Gasteiger partial charge in [0.05, 0.1) is 12.2 Å². The van der Waals surface area contributed by atoms with Crippen molar-refractivity contribution in [1.82, 2.24) is 0 Å². The number of hydrogen-bond donors (Lipinski definition) is 0. The summed E-state index contributed by atoms with van der Waals surface area (Å²) in [6, 6.07) is 0. The molecule has 0 bridgehead atoms. The summed E-state index contributed by atoms with van der Waals surface area (Å²) >= 11 is 0. The van der Waals surface area contributed by atoms with E-state index in [0.29, 0.717) is 25.2 Å². The summed E-state index contributed by atoms with van der Waals surface area (Å²) in [4.78, 5) is 11.3. The molecule has 1 aliphatic rings. The van der Waals surface area contributed by atoms with Crippen LogP contribution in [-0.4, -0.2) is 24.8 Å². The summed E-state index contributed by atoms with van der Waals surface area (Å²) in [5.74, 6) is -0.0983. The van der Waals surface area contributed by atoms with Crippen LogP contribution >= 0.6 is 0 Å². The van der Waals surface area contributed by atoms with Crippen molar-refractivity contribution in [3.8, 4) is 0 Å². The number of ether oxygens (including phenoxy) is 2. The molecule has 1 fully saturated rings. The lowest BCUT2D eigenvalue weighted by Gasteiger charge is -2.02. The molecule has 1 heterocycles. The monoisotopic (exact) mass is 338 g/mol. The zero-order valence-corrected chi connectivity index (χ0v) is 15.8. The fourth-order valence-electron chi connectivity index (χ4n) is 3.18. The molecule has 140 valence electrons. The highest BCUT2D eigenvalue weighted by Crippen LogP contribution is 2.31. The van der Waals surface area contributed by atoms with Gasteiger partial charge in [0.2, 0.25) is 0 Å². The van der Waals surface area contributed by atoms with Crippen LogP contribution < -0.4 is 0 Å². The van der Waals surface area contributed by atoms with E-state index < -0.39 is 0 Å². The number of unbranched alkanes of at least 4 members (excludes halogenated alkanes) is 9. The Balaban J connectivity index is 1.78. The second-order valence-electron chi connectivity index (χ2n) is 7.05. The van der Waals surface area contributed by atoms with Crippen LogP contribution in [0.15, 0.2) is 12.7 Å². The Morgan fingerprint density at radius 3 is 2.04 bits per heavy atom. The number of rotatable bonds is 17. The van der Waals surface area contributed by atoms with Crippen molar-refractivity contribution in [2.24, 2.45) is 0 Å². The van der Waals surface area contributed by atoms with Gasteiger partial charge in [0, 0.05) is 6.42 Å². The summed E-state index contributed by atoms with van der Waals surface area (Å²) in [6.45, 7) is 6.13. The normalized spacial score (nSPS) is 19.2. The first-order chi connectivity index (χ1) is 11.8. The van der Waals surface area contributed by atoms with E-state index in [2.05, 4.69) is 13.5 Å². The molecule has 24 heavy (non-hydrogen) atoms. The van der Waals surface area contributed by atoms with Crippen molar-refractivity contribution >= 4 is 5.97 Å². The Bertz CT molecular complexity index is 327. The summed E-state index contributed by atoms with van der Waals surface area (Å²) in [5, 5.41) is 0. The Morgan fingerprint density at radius 1 is 0.917 bits per heavy atom. The largest absolute Gasteiger partial charge is 0.461 e. The van der Waals surface area contributed by atoms with Crippen LogP contribution in [0.5, 0.6) is 0 Å². The minimum absolute atomic E-state index is 0.0983. The third-order valence-electron chi connectivity index (χ3n) is 4.76. The molecule has 0 amide bonds. The topological polar surface area (TPSA) is 38.8 Å². The lowest BCUT2D eigenvalue weighted by atomic mass is 10.0. The van der Waals surface area contributed by atoms with Crippen molar-refractivity contribution < 1.29 is 14.3 Å². The van der Waals surface area contributed by atoms with Gasteiger partial charge in [-0.2, -0.15) is 0 Å². The van der Waals surface area contributed by atoms with Crippen molar-refractivity contribution in [3.63, 3.8) is 0 Å². The summed E-state index contributed by atoms with van der Waals surface area (Å²) < 4.78 is 10.7. The van der Waals surface area contributed by atoms with Crippen LogP contribution in [0.4, 0.5) is 0 Å². The third-order valence-corrected chi connectivity index (χ3v) is 4.76. The maximum atomic E-state index is 11.3. The van der Waals surface area contributed by atoms with E-state index in [9.17, 15) is 4.79 Å². The van der Waals surface area contributed by atoms with Crippen LogP contribution in [0, 0.1) is 0 Å². The molecule has 3 heteroatoms. The van der Waals surface area contributed by atoms with Gasteiger partial charge in [-0.05, 0) is 19.3 Å². The first-order valence-electron chi connectivity index (χ1n) is 10.2. The molecule has 0 aromatic carbocycles. The SMILES string of the molecule is C=CCOC(=O)CCCCCCCC1OC1CCCCCCCC. The predicted molar refractivity (Wildman–Crippen MR) is 100 cm³/mol. The Labute approximate surface area is 149 Å².